The molecule has 3 aliphatic rings. The Morgan fingerprint density at radius 2 is 2.00 bits per heavy atom. The van der Waals surface area contributed by atoms with Gasteiger partial charge in [0.05, 0.1) is 5.60 Å². The van der Waals surface area contributed by atoms with Crippen molar-refractivity contribution in [2.75, 3.05) is 0 Å². The Morgan fingerprint density at radius 3 is 2.69 bits per heavy atom. The van der Waals surface area contributed by atoms with Crippen LogP contribution in [0.1, 0.15) is 53.4 Å². The van der Waals surface area contributed by atoms with Crippen molar-refractivity contribution >= 4 is 0 Å². The van der Waals surface area contributed by atoms with E-state index < -0.39 is 5.60 Å². The fourth-order valence-corrected chi connectivity index (χ4v) is 5.39. The molecule has 0 amide bonds. The molecular weight excluding hydrogens is 196 g/mol. The Bertz CT molecular complexity index is 364. The quantitative estimate of drug-likeness (QED) is 0.619. The first-order chi connectivity index (χ1) is 7.31. The maximum Gasteiger partial charge on any atom is 0.0687 e. The zero-order chi connectivity index (χ0) is 11.8. The van der Waals surface area contributed by atoms with Gasteiger partial charge in [-0.3, -0.25) is 0 Å². The Hall–Kier alpha value is -0.300. The molecule has 1 heteroatoms. The number of hydrogen-bond donors (Lipinski definition) is 1. The lowest BCUT2D eigenvalue weighted by molar-refractivity contribution is -0.0714. The predicted octanol–water partition coefficient (Wildman–Crippen LogP) is 3.53. The van der Waals surface area contributed by atoms with Crippen LogP contribution in [0.15, 0.2) is 11.6 Å². The van der Waals surface area contributed by atoms with Gasteiger partial charge in [-0.05, 0) is 56.8 Å². The fourth-order valence-electron chi connectivity index (χ4n) is 5.39. The van der Waals surface area contributed by atoms with Crippen molar-refractivity contribution in [2.45, 2.75) is 59.0 Å². The lowest BCUT2D eigenvalue weighted by Crippen LogP contribution is -2.45. The van der Waals surface area contributed by atoms with E-state index in [1.807, 2.05) is 0 Å². The van der Waals surface area contributed by atoms with Crippen LogP contribution in [0.3, 0.4) is 0 Å². The number of hydrogen-bond acceptors (Lipinski definition) is 1. The van der Waals surface area contributed by atoms with Crippen LogP contribution in [0, 0.1) is 22.7 Å². The summed E-state index contributed by atoms with van der Waals surface area (Å²) in [6.07, 6.45) is 7.00. The van der Waals surface area contributed by atoms with E-state index in [1.165, 1.54) is 18.4 Å². The molecule has 0 aromatic rings. The lowest BCUT2D eigenvalue weighted by atomic mass is 9.64. The van der Waals surface area contributed by atoms with Gasteiger partial charge in [0.25, 0.3) is 0 Å². The topological polar surface area (TPSA) is 20.2 Å². The molecule has 1 unspecified atom stereocenters. The van der Waals surface area contributed by atoms with E-state index in [2.05, 4.69) is 33.8 Å². The second kappa shape index (κ2) is 2.75. The van der Waals surface area contributed by atoms with E-state index >= 15 is 0 Å². The molecule has 0 bridgehead atoms. The molecule has 3 aliphatic carbocycles. The summed E-state index contributed by atoms with van der Waals surface area (Å²) in [5, 5.41) is 10.8. The van der Waals surface area contributed by atoms with Crippen molar-refractivity contribution in [3.8, 4) is 0 Å². The summed E-state index contributed by atoms with van der Waals surface area (Å²) in [4.78, 5) is 0. The molecule has 0 aliphatic heterocycles. The Morgan fingerprint density at radius 1 is 1.31 bits per heavy atom. The second-order valence-corrected chi connectivity index (χ2v) is 7.30. The molecule has 16 heavy (non-hydrogen) atoms. The van der Waals surface area contributed by atoms with Gasteiger partial charge < -0.3 is 5.11 Å². The first-order valence-corrected chi connectivity index (χ1v) is 6.70. The van der Waals surface area contributed by atoms with Gasteiger partial charge in [0.15, 0.2) is 0 Å². The van der Waals surface area contributed by atoms with Crippen LogP contribution in [-0.4, -0.2) is 10.7 Å². The molecule has 90 valence electrons. The van der Waals surface area contributed by atoms with Crippen LogP contribution in [0.5, 0.6) is 0 Å². The third-order valence-corrected chi connectivity index (χ3v) is 6.15. The molecule has 0 aromatic carbocycles. The van der Waals surface area contributed by atoms with E-state index in [-0.39, 0.29) is 5.41 Å². The van der Waals surface area contributed by atoms with E-state index in [9.17, 15) is 5.11 Å². The molecule has 2 fully saturated rings. The van der Waals surface area contributed by atoms with Gasteiger partial charge in [-0.1, -0.05) is 25.5 Å². The molecular formula is C15H24O. The molecule has 3 rings (SSSR count). The zero-order valence-electron chi connectivity index (χ0n) is 11.0. The molecule has 0 saturated heterocycles. The van der Waals surface area contributed by atoms with Crippen LogP contribution >= 0.6 is 0 Å². The van der Waals surface area contributed by atoms with E-state index in [0.29, 0.717) is 17.3 Å². The summed E-state index contributed by atoms with van der Waals surface area (Å²) < 4.78 is 0. The van der Waals surface area contributed by atoms with E-state index in [0.717, 1.165) is 12.8 Å². The standard InChI is InChI=1S/C15H24O/c1-10-5-8-15-11(10)9-13(2,3)12(15)6-7-14(15,4)16/h5,11-12,16H,6-9H2,1-4H3/t11-,12-,14-,15?/m0/s1. The number of aliphatic hydroxyl groups is 1. The summed E-state index contributed by atoms with van der Waals surface area (Å²) in [6, 6.07) is 0. The van der Waals surface area contributed by atoms with Crippen molar-refractivity contribution in [3.05, 3.63) is 11.6 Å². The average molecular weight is 220 g/mol. The monoisotopic (exact) mass is 220 g/mol. The zero-order valence-corrected chi connectivity index (χ0v) is 11.0. The highest BCUT2D eigenvalue weighted by atomic mass is 16.3. The van der Waals surface area contributed by atoms with Crippen LogP contribution in [-0.2, 0) is 0 Å². The third-order valence-electron chi connectivity index (χ3n) is 6.15. The van der Waals surface area contributed by atoms with Crippen LogP contribution in [0.2, 0.25) is 0 Å². The normalized spacial score (nSPS) is 53.7. The highest BCUT2D eigenvalue weighted by Gasteiger charge is 2.69. The summed E-state index contributed by atoms with van der Waals surface area (Å²) >= 11 is 0. The van der Waals surface area contributed by atoms with Gasteiger partial charge in [-0.15, -0.1) is 0 Å². The Kier molecular flexibility index (Phi) is 1.86. The highest BCUT2D eigenvalue weighted by Crippen LogP contribution is 2.73. The Balaban J connectivity index is 2.13. The van der Waals surface area contributed by atoms with E-state index in [1.54, 1.807) is 0 Å². The molecule has 1 nitrogen and oxygen atoms in total. The first kappa shape index (κ1) is 10.8. The molecule has 2 saturated carbocycles. The van der Waals surface area contributed by atoms with Gasteiger partial charge >= 0.3 is 0 Å². The largest absolute Gasteiger partial charge is 0.390 e. The minimum atomic E-state index is -0.440. The van der Waals surface area contributed by atoms with Gasteiger partial charge in [0.2, 0.25) is 0 Å². The third kappa shape index (κ3) is 0.971. The van der Waals surface area contributed by atoms with Crippen molar-refractivity contribution < 1.29 is 5.11 Å². The number of rotatable bonds is 0. The van der Waals surface area contributed by atoms with Gasteiger partial charge in [-0.2, -0.15) is 0 Å². The van der Waals surface area contributed by atoms with Gasteiger partial charge in [0, 0.05) is 5.41 Å². The van der Waals surface area contributed by atoms with Crippen LogP contribution in [0.25, 0.3) is 0 Å². The van der Waals surface area contributed by atoms with Crippen LogP contribution < -0.4 is 0 Å². The molecule has 0 aromatic heterocycles. The molecule has 0 radical (unpaired) electrons. The maximum absolute atomic E-state index is 10.8. The minimum absolute atomic E-state index is 0.181. The molecule has 1 spiro atoms. The molecule has 0 heterocycles. The lowest BCUT2D eigenvalue weighted by Gasteiger charge is -2.43. The Labute approximate surface area is 98.9 Å². The van der Waals surface area contributed by atoms with Crippen molar-refractivity contribution in [3.63, 3.8) is 0 Å². The predicted molar refractivity (Wildman–Crippen MR) is 66.0 cm³/mol. The van der Waals surface area contributed by atoms with Crippen molar-refractivity contribution in [1.82, 2.24) is 0 Å². The SMILES string of the molecule is CC1=CCC23[C@H]1CC(C)(C)[C@@H]2CC[C@]3(C)O. The van der Waals surface area contributed by atoms with Gasteiger partial charge in [-0.25, -0.2) is 0 Å². The van der Waals surface area contributed by atoms with Crippen LogP contribution in [0.4, 0.5) is 0 Å². The minimum Gasteiger partial charge on any atom is -0.390 e. The van der Waals surface area contributed by atoms with Crippen molar-refractivity contribution in [1.29, 1.82) is 0 Å². The smallest absolute Gasteiger partial charge is 0.0687 e. The highest BCUT2D eigenvalue weighted by molar-refractivity contribution is 5.30. The molecule has 4 atom stereocenters. The summed E-state index contributed by atoms with van der Waals surface area (Å²) in [5.74, 6) is 1.36. The fraction of sp³-hybridized carbons (Fsp3) is 0.867. The van der Waals surface area contributed by atoms with Crippen molar-refractivity contribution in [2.24, 2.45) is 22.7 Å². The summed E-state index contributed by atoms with van der Waals surface area (Å²) in [7, 11) is 0. The average Bonchev–Trinajstić information content (AvgIpc) is 2.67. The van der Waals surface area contributed by atoms with E-state index in [4.69, 9.17) is 0 Å². The first-order valence-electron chi connectivity index (χ1n) is 6.70. The number of allylic oxidation sites excluding steroid dienone is 2. The second-order valence-electron chi connectivity index (χ2n) is 7.30. The molecule has 1 N–H and O–H groups in total. The maximum atomic E-state index is 10.8. The summed E-state index contributed by atoms with van der Waals surface area (Å²) in [6.45, 7) is 9.18. The summed E-state index contributed by atoms with van der Waals surface area (Å²) in [5.41, 5.74) is 1.70. The van der Waals surface area contributed by atoms with Gasteiger partial charge in [0.1, 0.15) is 0 Å².